The van der Waals surface area contributed by atoms with Gasteiger partial charge < -0.3 is 15.7 Å². The molecule has 1 atom stereocenters. The van der Waals surface area contributed by atoms with Gasteiger partial charge in [0.25, 0.3) is 0 Å². The minimum absolute atomic E-state index is 0.0275. The molecule has 0 bridgehead atoms. The normalized spacial score (nSPS) is 19.2. The molecule has 4 heteroatoms. The Labute approximate surface area is 101 Å². The lowest BCUT2D eigenvalue weighted by Crippen LogP contribution is -2.61. The molecule has 1 aliphatic heterocycles. The Hall–Kier alpha value is -1.39. The summed E-state index contributed by atoms with van der Waals surface area (Å²) in [7, 11) is 0. The zero-order valence-corrected chi connectivity index (χ0v) is 9.94. The van der Waals surface area contributed by atoms with Crippen molar-refractivity contribution in [3.63, 3.8) is 0 Å². The van der Waals surface area contributed by atoms with E-state index in [2.05, 4.69) is 10.6 Å². The summed E-state index contributed by atoms with van der Waals surface area (Å²) in [6.07, 6.45) is 0.164. The van der Waals surface area contributed by atoms with E-state index in [0.29, 0.717) is 13.1 Å². The molecular formula is C13H18N2O2. The third-order valence-corrected chi connectivity index (χ3v) is 3.07. The lowest BCUT2D eigenvalue weighted by atomic mass is 9.92. The van der Waals surface area contributed by atoms with E-state index in [1.165, 1.54) is 0 Å². The van der Waals surface area contributed by atoms with Gasteiger partial charge in [-0.2, -0.15) is 0 Å². The predicted octanol–water partition coefficient (Wildman–Crippen LogP) is 0.588. The first-order chi connectivity index (χ1) is 8.09. The van der Waals surface area contributed by atoms with Gasteiger partial charge in [-0.1, -0.05) is 30.3 Å². The highest BCUT2D eigenvalue weighted by molar-refractivity contribution is 5.77. The number of nitrogens with one attached hydrogen (secondary N) is 2. The van der Waals surface area contributed by atoms with Gasteiger partial charge in [-0.15, -0.1) is 0 Å². The molecule has 0 saturated carbocycles. The van der Waals surface area contributed by atoms with Crippen molar-refractivity contribution in [1.82, 2.24) is 10.6 Å². The lowest BCUT2D eigenvalue weighted by molar-refractivity contribution is -0.128. The van der Waals surface area contributed by atoms with Crippen LogP contribution in [0.25, 0.3) is 0 Å². The van der Waals surface area contributed by atoms with Crippen molar-refractivity contribution in [1.29, 1.82) is 0 Å². The Morgan fingerprint density at radius 2 is 2.12 bits per heavy atom. The number of hydrogen-bond acceptors (Lipinski definition) is 3. The van der Waals surface area contributed by atoms with Gasteiger partial charge in [-0.3, -0.25) is 4.79 Å². The van der Waals surface area contributed by atoms with Gasteiger partial charge >= 0.3 is 0 Å². The number of β-amino-alcohol motifs (C(OH)–C–C–N with tert-alkyl or cyclic N) is 1. The van der Waals surface area contributed by atoms with Gasteiger partial charge in [0, 0.05) is 13.1 Å². The third kappa shape index (κ3) is 3.05. The summed E-state index contributed by atoms with van der Waals surface area (Å²) < 4.78 is 0. The summed E-state index contributed by atoms with van der Waals surface area (Å²) in [5, 5.41) is 15.7. The van der Waals surface area contributed by atoms with E-state index in [9.17, 15) is 9.90 Å². The van der Waals surface area contributed by atoms with Gasteiger partial charge in [0.05, 0.1) is 18.1 Å². The molecule has 17 heavy (non-hydrogen) atoms. The maximum Gasteiger partial charge on any atom is 0.223 e. The second kappa shape index (κ2) is 4.85. The first kappa shape index (κ1) is 12.1. The van der Waals surface area contributed by atoms with Crippen molar-refractivity contribution in [2.45, 2.75) is 25.0 Å². The molecule has 1 fully saturated rings. The first-order valence-electron chi connectivity index (χ1n) is 5.86. The van der Waals surface area contributed by atoms with Crippen LogP contribution in [0.2, 0.25) is 0 Å². The molecule has 1 saturated heterocycles. The van der Waals surface area contributed by atoms with Crippen LogP contribution in [0.3, 0.4) is 0 Å². The number of benzene rings is 1. The second-order valence-corrected chi connectivity index (χ2v) is 4.70. The molecule has 3 N–H and O–H groups in total. The fourth-order valence-corrected chi connectivity index (χ4v) is 1.96. The molecule has 0 aliphatic carbocycles. The first-order valence-corrected chi connectivity index (χ1v) is 5.86. The highest BCUT2D eigenvalue weighted by Crippen LogP contribution is 2.17. The van der Waals surface area contributed by atoms with Crippen LogP contribution in [0.15, 0.2) is 30.3 Å². The van der Waals surface area contributed by atoms with Crippen LogP contribution in [0.5, 0.6) is 0 Å². The van der Waals surface area contributed by atoms with E-state index in [0.717, 1.165) is 5.56 Å². The molecule has 1 aromatic carbocycles. The molecular weight excluding hydrogens is 216 g/mol. The van der Waals surface area contributed by atoms with Crippen molar-refractivity contribution in [3.8, 4) is 0 Å². The Morgan fingerprint density at radius 3 is 2.65 bits per heavy atom. The molecule has 0 radical (unpaired) electrons. The summed E-state index contributed by atoms with van der Waals surface area (Å²) in [6.45, 7) is 2.94. The maximum absolute atomic E-state index is 11.7. The summed E-state index contributed by atoms with van der Waals surface area (Å²) >= 11 is 0. The molecule has 4 nitrogen and oxygen atoms in total. The van der Waals surface area contributed by atoms with E-state index < -0.39 is 5.60 Å². The molecule has 92 valence electrons. The molecule has 1 unspecified atom stereocenters. The number of amides is 1. The summed E-state index contributed by atoms with van der Waals surface area (Å²) in [5.41, 5.74) is 0.222. The fraction of sp³-hybridized carbons (Fsp3) is 0.462. The summed E-state index contributed by atoms with van der Waals surface area (Å²) in [6, 6.07) is 9.76. The van der Waals surface area contributed by atoms with E-state index >= 15 is 0 Å². The van der Waals surface area contributed by atoms with Crippen LogP contribution in [0.4, 0.5) is 0 Å². The maximum atomic E-state index is 11.7. The van der Waals surface area contributed by atoms with Crippen LogP contribution in [-0.4, -0.2) is 29.7 Å². The number of carbonyl (C=O) groups is 1. The highest BCUT2D eigenvalue weighted by Gasteiger charge is 2.36. The monoisotopic (exact) mass is 234 g/mol. The van der Waals surface area contributed by atoms with Crippen LogP contribution in [0.1, 0.15) is 24.9 Å². The van der Waals surface area contributed by atoms with Crippen LogP contribution in [-0.2, 0) is 4.79 Å². The fourth-order valence-electron chi connectivity index (χ4n) is 1.96. The lowest BCUT2D eigenvalue weighted by Gasteiger charge is -2.37. The van der Waals surface area contributed by atoms with Crippen LogP contribution < -0.4 is 10.6 Å². The standard InChI is InChI=1S/C13H18N2O2/c1-10(11-5-3-2-4-6-11)15-12(16)7-13(17)8-14-9-13/h2-6,10,14,17H,7-9H2,1H3,(H,15,16). The number of hydrogen-bond donors (Lipinski definition) is 3. The van der Waals surface area contributed by atoms with E-state index in [4.69, 9.17) is 0 Å². The van der Waals surface area contributed by atoms with E-state index in [1.54, 1.807) is 0 Å². The van der Waals surface area contributed by atoms with Gasteiger partial charge in [0.1, 0.15) is 0 Å². The largest absolute Gasteiger partial charge is 0.387 e. The molecule has 0 spiro atoms. The molecule has 2 rings (SSSR count). The highest BCUT2D eigenvalue weighted by atomic mass is 16.3. The number of aliphatic hydroxyl groups is 1. The average Bonchev–Trinajstić information content (AvgIpc) is 2.28. The zero-order valence-electron chi connectivity index (χ0n) is 9.94. The van der Waals surface area contributed by atoms with Gasteiger partial charge in [0.15, 0.2) is 0 Å². The molecule has 1 aliphatic rings. The van der Waals surface area contributed by atoms with Gasteiger partial charge in [0.2, 0.25) is 5.91 Å². The van der Waals surface area contributed by atoms with Crippen molar-refractivity contribution in [2.75, 3.05) is 13.1 Å². The number of rotatable bonds is 4. The Balaban J connectivity index is 1.86. The number of carbonyl (C=O) groups excluding carboxylic acids is 1. The summed E-state index contributed by atoms with van der Waals surface area (Å²) in [4.78, 5) is 11.7. The molecule has 1 heterocycles. The minimum atomic E-state index is -0.847. The SMILES string of the molecule is CC(NC(=O)CC1(O)CNC1)c1ccccc1. The van der Waals surface area contributed by atoms with Crippen molar-refractivity contribution >= 4 is 5.91 Å². The van der Waals surface area contributed by atoms with Gasteiger partial charge in [-0.25, -0.2) is 0 Å². The average molecular weight is 234 g/mol. The quantitative estimate of drug-likeness (QED) is 0.714. The zero-order chi connectivity index (χ0) is 12.3. The van der Waals surface area contributed by atoms with Gasteiger partial charge in [-0.05, 0) is 12.5 Å². The van der Waals surface area contributed by atoms with Crippen LogP contribution in [0, 0.1) is 0 Å². The minimum Gasteiger partial charge on any atom is -0.387 e. The van der Waals surface area contributed by atoms with Crippen molar-refractivity contribution in [3.05, 3.63) is 35.9 Å². The predicted molar refractivity (Wildman–Crippen MR) is 65.4 cm³/mol. The second-order valence-electron chi connectivity index (χ2n) is 4.70. The molecule has 0 aromatic heterocycles. The third-order valence-electron chi connectivity index (χ3n) is 3.07. The van der Waals surface area contributed by atoms with Crippen LogP contribution >= 0.6 is 0 Å². The van der Waals surface area contributed by atoms with Crippen molar-refractivity contribution in [2.24, 2.45) is 0 Å². The smallest absolute Gasteiger partial charge is 0.223 e. The summed E-state index contributed by atoms with van der Waals surface area (Å²) in [5.74, 6) is -0.106. The van der Waals surface area contributed by atoms with Crippen molar-refractivity contribution < 1.29 is 9.90 Å². The van der Waals surface area contributed by atoms with E-state index in [1.807, 2.05) is 37.3 Å². The Bertz CT molecular complexity index is 388. The van der Waals surface area contributed by atoms with E-state index in [-0.39, 0.29) is 18.4 Å². The Morgan fingerprint density at radius 1 is 1.47 bits per heavy atom. The Kier molecular flexibility index (Phi) is 3.45. The molecule has 1 amide bonds. The topological polar surface area (TPSA) is 61.4 Å². The molecule has 1 aromatic rings.